The predicted octanol–water partition coefficient (Wildman–Crippen LogP) is 2.41. The molecule has 1 N–H and O–H groups in total. The highest BCUT2D eigenvalue weighted by molar-refractivity contribution is 5.99. The van der Waals surface area contributed by atoms with Gasteiger partial charge in [-0.3, -0.25) is 4.79 Å². The molecule has 1 saturated heterocycles. The van der Waals surface area contributed by atoms with Crippen molar-refractivity contribution in [2.45, 2.75) is 25.2 Å². The maximum Gasteiger partial charge on any atom is 0.253 e. The summed E-state index contributed by atoms with van der Waals surface area (Å²) in [6.45, 7) is 6.79. The lowest BCUT2D eigenvalue weighted by molar-refractivity contribution is -0.116. The lowest BCUT2D eigenvalue weighted by Crippen LogP contribution is -2.24. The predicted molar refractivity (Wildman–Crippen MR) is 94.3 cm³/mol. The van der Waals surface area contributed by atoms with Crippen molar-refractivity contribution in [1.29, 1.82) is 0 Å². The van der Waals surface area contributed by atoms with Crippen LogP contribution in [0.2, 0.25) is 0 Å². The lowest BCUT2D eigenvalue weighted by Gasteiger charge is -2.16. The molecule has 3 aliphatic rings. The van der Waals surface area contributed by atoms with Gasteiger partial charge in [-0.1, -0.05) is 12.6 Å². The van der Waals surface area contributed by atoms with E-state index in [2.05, 4.69) is 21.9 Å². The monoisotopic (exact) mass is 350 g/mol. The van der Waals surface area contributed by atoms with Crippen LogP contribution in [-0.2, 0) is 10.2 Å². The van der Waals surface area contributed by atoms with E-state index in [0.29, 0.717) is 17.5 Å². The number of nitrogens with one attached hydrogen (secondary N) is 1. The summed E-state index contributed by atoms with van der Waals surface area (Å²) in [5, 5.41) is 2.89. The molecule has 0 bridgehead atoms. The number of aromatic nitrogens is 2. The second-order valence-electron chi connectivity index (χ2n) is 7.00. The third-order valence-electron chi connectivity index (χ3n) is 5.21. The number of carbonyl (C=O) groups excluding carboxylic acids is 1. The summed E-state index contributed by atoms with van der Waals surface area (Å²) < 4.78 is 11.9. The Morgan fingerprint density at radius 1 is 1.31 bits per heavy atom. The SMILES string of the molecule is C=C1NCC(=O)N1c1cnc(Oc2ccc(C)c3c2C2(CC2)CO3)cn1. The Hall–Kier alpha value is -3.09. The molecule has 3 heterocycles. The molecule has 1 amide bonds. The smallest absolute Gasteiger partial charge is 0.253 e. The Morgan fingerprint density at radius 2 is 2.15 bits per heavy atom. The molecular weight excluding hydrogens is 332 g/mol. The van der Waals surface area contributed by atoms with Crippen LogP contribution in [0.4, 0.5) is 5.82 Å². The van der Waals surface area contributed by atoms with Gasteiger partial charge >= 0.3 is 0 Å². The molecule has 2 aliphatic heterocycles. The van der Waals surface area contributed by atoms with Gasteiger partial charge in [-0.2, -0.15) is 0 Å². The minimum absolute atomic E-state index is 0.107. The van der Waals surface area contributed by atoms with Crippen LogP contribution >= 0.6 is 0 Å². The molecule has 1 saturated carbocycles. The Kier molecular flexibility index (Phi) is 3.04. The second kappa shape index (κ2) is 5.20. The van der Waals surface area contributed by atoms with Gasteiger partial charge in [0.15, 0.2) is 5.82 Å². The van der Waals surface area contributed by atoms with E-state index in [9.17, 15) is 4.79 Å². The first-order valence-electron chi connectivity index (χ1n) is 8.60. The number of ether oxygens (including phenoxy) is 2. The number of hydrogen-bond acceptors (Lipinski definition) is 6. The topological polar surface area (TPSA) is 76.6 Å². The zero-order valence-electron chi connectivity index (χ0n) is 14.4. The first-order valence-corrected chi connectivity index (χ1v) is 8.60. The van der Waals surface area contributed by atoms with Crippen molar-refractivity contribution in [3.63, 3.8) is 0 Å². The number of amides is 1. The molecule has 2 fully saturated rings. The molecule has 1 aromatic heterocycles. The zero-order chi connectivity index (χ0) is 17.9. The van der Waals surface area contributed by atoms with Crippen LogP contribution in [-0.4, -0.2) is 29.0 Å². The van der Waals surface area contributed by atoms with Gasteiger partial charge in [0.25, 0.3) is 5.91 Å². The van der Waals surface area contributed by atoms with Crippen LogP contribution < -0.4 is 19.7 Å². The maximum absolute atomic E-state index is 11.9. The summed E-state index contributed by atoms with van der Waals surface area (Å²) in [6.07, 6.45) is 5.28. The van der Waals surface area contributed by atoms with Crippen LogP contribution in [0.15, 0.2) is 36.9 Å². The Balaban J connectivity index is 1.44. The molecule has 0 radical (unpaired) electrons. The fraction of sp³-hybridized carbons (Fsp3) is 0.316. The van der Waals surface area contributed by atoms with E-state index in [1.165, 1.54) is 17.3 Å². The standard InChI is InChI=1S/C19H18N4O3/c1-11-3-4-13(17-18(11)25-10-19(17)5-6-19)26-15-8-21-14(7-22-15)23-12(2)20-9-16(23)24/h3-4,7-8,20H,2,5-6,9-10H2,1H3. The number of fused-ring (bicyclic) bond motifs is 2. The van der Waals surface area contributed by atoms with Crippen LogP contribution in [0, 0.1) is 6.92 Å². The van der Waals surface area contributed by atoms with Crippen molar-refractivity contribution < 1.29 is 14.3 Å². The second-order valence-corrected chi connectivity index (χ2v) is 7.00. The van der Waals surface area contributed by atoms with E-state index >= 15 is 0 Å². The van der Waals surface area contributed by atoms with Crippen LogP contribution in [0.5, 0.6) is 17.4 Å². The number of anilines is 1. The average Bonchev–Trinajstić information content (AvgIpc) is 3.20. The average molecular weight is 350 g/mol. The first kappa shape index (κ1) is 15.2. The summed E-state index contributed by atoms with van der Waals surface area (Å²) in [5.74, 6) is 2.91. The van der Waals surface area contributed by atoms with E-state index < -0.39 is 0 Å². The van der Waals surface area contributed by atoms with Gasteiger partial charge in [-0.15, -0.1) is 0 Å². The molecule has 7 heteroatoms. The number of aryl methyl sites for hydroxylation is 1. The van der Waals surface area contributed by atoms with Gasteiger partial charge in [-0.05, 0) is 31.4 Å². The number of rotatable bonds is 3. The Bertz CT molecular complexity index is 919. The highest BCUT2D eigenvalue weighted by Crippen LogP contribution is 2.59. The highest BCUT2D eigenvalue weighted by atomic mass is 16.5. The number of nitrogens with zero attached hydrogens (tertiary/aromatic N) is 3. The summed E-state index contributed by atoms with van der Waals surface area (Å²) in [7, 11) is 0. The summed E-state index contributed by atoms with van der Waals surface area (Å²) in [4.78, 5) is 21.9. The largest absolute Gasteiger partial charge is 0.492 e. The van der Waals surface area contributed by atoms with Gasteiger partial charge in [0.1, 0.15) is 17.3 Å². The third-order valence-corrected chi connectivity index (χ3v) is 5.21. The fourth-order valence-electron chi connectivity index (χ4n) is 3.61. The van der Waals surface area contributed by atoms with E-state index in [-0.39, 0.29) is 17.9 Å². The Labute approximate surface area is 150 Å². The van der Waals surface area contributed by atoms with Crippen molar-refractivity contribution in [1.82, 2.24) is 15.3 Å². The van der Waals surface area contributed by atoms with Crippen molar-refractivity contribution in [3.05, 3.63) is 48.1 Å². The van der Waals surface area contributed by atoms with Gasteiger partial charge in [-0.25, -0.2) is 14.9 Å². The van der Waals surface area contributed by atoms with Gasteiger partial charge in [0.05, 0.1) is 25.5 Å². The number of hydrogen-bond donors (Lipinski definition) is 1. The molecule has 1 aliphatic carbocycles. The molecule has 5 rings (SSSR count). The van der Waals surface area contributed by atoms with Crippen LogP contribution in [0.3, 0.4) is 0 Å². The molecule has 2 aromatic rings. The van der Waals surface area contributed by atoms with Crippen molar-refractivity contribution in [2.75, 3.05) is 18.1 Å². The van der Waals surface area contributed by atoms with Crippen molar-refractivity contribution in [2.24, 2.45) is 0 Å². The Morgan fingerprint density at radius 3 is 2.81 bits per heavy atom. The molecule has 0 unspecified atom stereocenters. The normalized spacial score (nSPS) is 19.3. The van der Waals surface area contributed by atoms with Gasteiger partial charge < -0.3 is 14.8 Å². The number of benzene rings is 1. The number of carbonyl (C=O) groups is 1. The summed E-state index contributed by atoms with van der Waals surface area (Å²) >= 11 is 0. The highest BCUT2D eigenvalue weighted by Gasteiger charge is 2.53. The van der Waals surface area contributed by atoms with E-state index in [4.69, 9.17) is 9.47 Å². The maximum atomic E-state index is 11.9. The van der Waals surface area contributed by atoms with E-state index in [1.54, 1.807) is 0 Å². The summed E-state index contributed by atoms with van der Waals surface area (Å²) in [6, 6.07) is 3.96. The van der Waals surface area contributed by atoms with E-state index in [0.717, 1.165) is 42.1 Å². The third kappa shape index (κ3) is 2.16. The quantitative estimate of drug-likeness (QED) is 0.916. The van der Waals surface area contributed by atoms with Gasteiger partial charge in [0.2, 0.25) is 5.88 Å². The minimum Gasteiger partial charge on any atom is -0.492 e. The van der Waals surface area contributed by atoms with Crippen molar-refractivity contribution >= 4 is 11.7 Å². The van der Waals surface area contributed by atoms with Crippen LogP contribution in [0.1, 0.15) is 24.0 Å². The molecule has 26 heavy (non-hydrogen) atoms. The zero-order valence-corrected chi connectivity index (χ0v) is 14.4. The molecule has 7 nitrogen and oxygen atoms in total. The lowest BCUT2D eigenvalue weighted by atomic mass is 9.95. The minimum atomic E-state index is -0.109. The molecular formula is C19H18N4O3. The molecule has 1 aromatic carbocycles. The van der Waals surface area contributed by atoms with E-state index in [1.807, 2.05) is 19.1 Å². The molecule has 132 valence electrons. The molecule has 1 spiro atoms. The first-order chi connectivity index (χ1) is 12.6. The fourth-order valence-corrected chi connectivity index (χ4v) is 3.61. The summed E-state index contributed by atoms with van der Waals surface area (Å²) in [5.41, 5.74) is 2.38. The van der Waals surface area contributed by atoms with Gasteiger partial charge in [0, 0.05) is 11.0 Å². The van der Waals surface area contributed by atoms with Crippen LogP contribution in [0.25, 0.3) is 0 Å². The van der Waals surface area contributed by atoms with Crippen molar-refractivity contribution in [3.8, 4) is 17.4 Å². The molecule has 0 atom stereocenters.